The Labute approximate surface area is 147 Å². The molecule has 1 aromatic heterocycles. The number of aromatic amines is 1. The number of rotatable bonds is 4. The molecule has 7 heteroatoms. The molecule has 24 heavy (non-hydrogen) atoms. The zero-order valence-corrected chi connectivity index (χ0v) is 14.0. The third-order valence-electron chi connectivity index (χ3n) is 3.48. The molecule has 2 N–H and O–H groups in total. The lowest BCUT2D eigenvalue weighted by Crippen LogP contribution is -2.16. The summed E-state index contributed by atoms with van der Waals surface area (Å²) in [7, 11) is 0. The van der Waals surface area contributed by atoms with Crippen LogP contribution in [0.15, 0.2) is 47.3 Å². The lowest BCUT2D eigenvalue weighted by atomic mass is 10.2. The molecule has 0 unspecified atom stereocenters. The Hall–Kier alpha value is -2.37. The van der Waals surface area contributed by atoms with Crippen molar-refractivity contribution in [2.45, 2.75) is 12.8 Å². The Morgan fingerprint density at radius 2 is 1.92 bits per heavy atom. The Morgan fingerprint density at radius 1 is 1.12 bits per heavy atom. The van der Waals surface area contributed by atoms with Gasteiger partial charge in [0.25, 0.3) is 5.56 Å². The number of aromatic nitrogens is 2. The Balaban J connectivity index is 1.70. The maximum atomic E-state index is 12.1. The number of carbonyl (C=O) groups is 1. The van der Waals surface area contributed by atoms with Gasteiger partial charge in [0.05, 0.1) is 26.6 Å². The summed E-state index contributed by atoms with van der Waals surface area (Å²) in [6.07, 6.45) is 0.466. The first-order valence-electron chi connectivity index (χ1n) is 7.26. The molecule has 0 saturated heterocycles. The molecule has 1 heterocycles. The number of halogens is 2. The Bertz CT molecular complexity index is 969. The van der Waals surface area contributed by atoms with Crippen LogP contribution in [0, 0.1) is 0 Å². The van der Waals surface area contributed by atoms with Crippen LogP contribution >= 0.6 is 23.2 Å². The van der Waals surface area contributed by atoms with Gasteiger partial charge in [-0.1, -0.05) is 41.4 Å². The molecular formula is C17H13Cl2N3O2. The van der Waals surface area contributed by atoms with E-state index in [-0.39, 0.29) is 17.9 Å². The summed E-state index contributed by atoms with van der Waals surface area (Å²) in [5.74, 6) is 0.223. The van der Waals surface area contributed by atoms with Crippen LogP contribution in [0.4, 0.5) is 5.69 Å². The van der Waals surface area contributed by atoms with Gasteiger partial charge in [0.2, 0.25) is 5.91 Å². The largest absolute Gasteiger partial charge is 0.325 e. The third-order valence-corrected chi connectivity index (χ3v) is 4.30. The van der Waals surface area contributed by atoms with Gasteiger partial charge in [-0.3, -0.25) is 9.59 Å². The Kier molecular flexibility index (Phi) is 4.83. The van der Waals surface area contributed by atoms with Crippen molar-refractivity contribution in [3.05, 3.63) is 68.7 Å². The summed E-state index contributed by atoms with van der Waals surface area (Å²) >= 11 is 11.9. The van der Waals surface area contributed by atoms with E-state index < -0.39 is 0 Å². The number of H-pyrrole nitrogens is 1. The summed E-state index contributed by atoms with van der Waals surface area (Å²) < 4.78 is 0. The van der Waals surface area contributed by atoms with Crippen LogP contribution < -0.4 is 10.9 Å². The van der Waals surface area contributed by atoms with Crippen molar-refractivity contribution in [3.8, 4) is 0 Å². The quantitative estimate of drug-likeness (QED) is 0.741. The number of nitrogens with one attached hydrogen (secondary N) is 2. The third kappa shape index (κ3) is 3.58. The van der Waals surface area contributed by atoms with E-state index >= 15 is 0 Å². The highest BCUT2D eigenvalue weighted by Crippen LogP contribution is 2.29. The van der Waals surface area contributed by atoms with Crippen LogP contribution in [-0.4, -0.2) is 15.9 Å². The number of hydrogen-bond acceptors (Lipinski definition) is 3. The smallest absolute Gasteiger partial charge is 0.258 e. The van der Waals surface area contributed by atoms with Gasteiger partial charge in [0, 0.05) is 12.8 Å². The monoisotopic (exact) mass is 361 g/mol. The van der Waals surface area contributed by atoms with Crippen LogP contribution in [0.1, 0.15) is 12.2 Å². The molecular weight excluding hydrogens is 349 g/mol. The molecule has 0 saturated carbocycles. The SMILES string of the molecule is O=C(CCc1nc2ccccc2c(=O)[nH]1)Nc1cccc(Cl)c1Cl. The molecule has 0 aliphatic rings. The highest BCUT2D eigenvalue weighted by molar-refractivity contribution is 6.43. The van der Waals surface area contributed by atoms with E-state index in [0.29, 0.717) is 38.9 Å². The fraction of sp³-hybridized carbons (Fsp3) is 0.118. The summed E-state index contributed by atoms with van der Waals surface area (Å²) in [5, 5.41) is 3.89. The minimum absolute atomic E-state index is 0.157. The van der Waals surface area contributed by atoms with Crippen molar-refractivity contribution in [3.63, 3.8) is 0 Å². The van der Waals surface area contributed by atoms with Gasteiger partial charge in [0.1, 0.15) is 5.82 Å². The molecule has 0 spiro atoms. The van der Waals surface area contributed by atoms with Gasteiger partial charge in [0.15, 0.2) is 0 Å². The maximum Gasteiger partial charge on any atom is 0.258 e. The zero-order chi connectivity index (χ0) is 17.1. The average Bonchev–Trinajstić information content (AvgIpc) is 2.57. The highest BCUT2D eigenvalue weighted by Gasteiger charge is 2.10. The first kappa shape index (κ1) is 16.5. The molecule has 2 aromatic carbocycles. The molecule has 0 bridgehead atoms. The van der Waals surface area contributed by atoms with Gasteiger partial charge in [-0.25, -0.2) is 4.98 Å². The van der Waals surface area contributed by atoms with Gasteiger partial charge < -0.3 is 10.3 Å². The minimum atomic E-state index is -0.241. The summed E-state index contributed by atoms with van der Waals surface area (Å²) in [5.41, 5.74) is 0.845. The maximum absolute atomic E-state index is 12.1. The molecule has 0 fully saturated rings. The van der Waals surface area contributed by atoms with Crippen molar-refractivity contribution < 1.29 is 4.79 Å². The van der Waals surface area contributed by atoms with E-state index in [0.717, 1.165) is 0 Å². The second kappa shape index (κ2) is 7.03. The van der Waals surface area contributed by atoms with Crippen LogP contribution in [0.25, 0.3) is 10.9 Å². The van der Waals surface area contributed by atoms with Crippen molar-refractivity contribution in [2.24, 2.45) is 0 Å². The number of anilines is 1. The lowest BCUT2D eigenvalue weighted by molar-refractivity contribution is -0.116. The number of benzene rings is 2. The zero-order valence-electron chi connectivity index (χ0n) is 12.5. The molecule has 3 rings (SSSR count). The molecule has 0 aliphatic heterocycles. The molecule has 0 aliphatic carbocycles. The fourth-order valence-corrected chi connectivity index (χ4v) is 2.65. The van der Waals surface area contributed by atoms with Crippen LogP contribution in [-0.2, 0) is 11.2 Å². The second-order valence-electron chi connectivity index (χ2n) is 5.18. The van der Waals surface area contributed by atoms with E-state index in [1.165, 1.54) is 0 Å². The molecule has 122 valence electrons. The summed E-state index contributed by atoms with van der Waals surface area (Å²) in [6, 6.07) is 12.1. The van der Waals surface area contributed by atoms with E-state index in [1.54, 1.807) is 36.4 Å². The Morgan fingerprint density at radius 3 is 2.75 bits per heavy atom. The van der Waals surface area contributed by atoms with Gasteiger partial charge in [-0.2, -0.15) is 0 Å². The van der Waals surface area contributed by atoms with Crippen molar-refractivity contribution in [1.82, 2.24) is 9.97 Å². The number of para-hydroxylation sites is 1. The van der Waals surface area contributed by atoms with Gasteiger partial charge in [-0.05, 0) is 24.3 Å². The van der Waals surface area contributed by atoms with E-state index in [1.807, 2.05) is 6.07 Å². The fourth-order valence-electron chi connectivity index (χ4n) is 2.30. The first-order chi connectivity index (χ1) is 11.5. The van der Waals surface area contributed by atoms with Crippen LogP contribution in [0.5, 0.6) is 0 Å². The van der Waals surface area contributed by atoms with Crippen LogP contribution in [0.3, 0.4) is 0 Å². The normalized spacial score (nSPS) is 10.8. The average molecular weight is 362 g/mol. The van der Waals surface area contributed by atoms with E-state index in [2.05, 4.69) is 15.3 Å². The second-order valence-corrected chi connectivity index (χ2v) is 5.96. The van der Waals surface area contributed by atoms with Crippen LogP contribution in [0.2, 0.25) is 10.0 Å². The summed E-state index contributed by atoms with van der Waals surface area (Å²) in [4.78, 5) is 31.1. The van der Waals surface area contributed by atoms with Gasteiger partial charge in [-0.15, -0.1) is 0 Å². The number of nitrogens with zero attached hydrogens (tertiary/aromatic N) is 1. The molecule has 0 radical (unpaired) electrons. The number of carbonyl (C=O) groups excluding carboxylic acids is 1. The van der Waals surface area contributed by atoms with Crippen molar-refractivity contribution in [1.29, 1.82) is 0 Å². The highest BCUT2D eigenvalue weighted by atomic mass is 35.5. The minimum Gasteiger partial charge on any atom is -0.325 e. The molecule has 1 amide bonds. The van der Waals surface area contributed by atoms with Gasteiger partial charge >= 0.3 is 0 Å². The predicted molar refractivity (Wildman–Crippen MR) is 95.8 cm³/mol. The number of fused-ring (bicyclic) bond motifs is 1. The van der Waals surface area contributed by atoms with Crippen molar-refractivity contribution in [2.75, 3.05) is 5.32 Å². The molecule has 0 atom stereocenters. The molecule has 3 aromatic rings. The predicted octanol–water partition coefficient (Wildman–Crippen LogP) is 3.80. The first-order valence-corrected chi connectivity index (χ1v) is 8.02. The summed E-state index contributed by atoms with van der Waals surface area (Å²) in [6.45, 7) is 0. The lowest BCUT2D eigenvalue weighted by Gasteiger charge is -2.08. The number of amides is 1. The standard InChI is InChI=1S/C17H13Cl2N3O2/c18-11-5-3-7-13(16(11)19)21-15(23)9-8-14-20-12-6-2-1-4-10(12)17(24)22-14/h1-7H,8-9H2,(H,21,23)(H,20,22,24). The van der Waals surface area contributed by atoms with E-state index in [9.17, 15) is 9.59 Å². The molecule has 5 nitrogen and oxygen atoms in total. The number of aryl methyl sites for hydroxylation is 1. The van der Waals surface area contributed by atoms with Crippen molar-refractivity contribution >= 4 is 45.7 Å². The number of hydrogen-bond donors (Lipinski definition) is 2. The topological polar surface area (TPSA) is 74.8 Å². The van der Waals surface area contributed by atoms with E-state index in [4.69, 9.17) is 23.2 Å².